The van der Waals surface area contributed by atoms with Crippen molar-refractivity contribution in [2.24, 2.45) is 5.73 Å². The Balaban J connectivity index is 2.39. The van der Waals surface area contributed by atoms with Crippen molar-refractivity contribution in [3.63, 3.8) is 0 Å². The summed E-state index contributed by atoms with van der Waals surface area (Å²) in [4.78, 5) is 27.4. The average molecular weight is 516 g/mol. The number of ether oxygens (including phenoxy) is 3. The Morgan fingerprint density at radius 2 is 1.69 bits per heavy atom. The Bertz CT molecular complexity index is 1270. The summed E-state index contributed by atoms with van der Waals surface area (Å²) >= 11 is 13.0. The predicted molar refractivity (Wildman–Crippen MR) is 132 cm³/mol. The van der Waals surface area contributed by atoms with Crippen LogP contribution in [0.4, 0.5) is 5.69 Å². The van der Waals surface area contributed by atoms with Gasteiger partial charge in [-0.1, -0.05) is 53.5 Å². The second kappa shape index (κ2) is 10.7. The highest BCUT2D eigenvalue weighted by molar-refractivity contribution is 6.36. The lowest BCUT2D eigenvalue weighted by molar-refractivity contribution is -0.139. The van der Waals surface area contributed by atoms with Gasteiger partial charge in [0.05, 0.1) is 59.2 Å². The van der Waals surface area contributed by atoms with Crippen molar-refractivity contribution in [2.75, 3.05) is 19.1 Å². The van der Waals surface area contributed by atoms with Crippen LogP contribution in [0.1, 0.15) is 25.3 Å². The number of hydrogen-bond donors (Lipinski definition) is 1. The number of esters is 2. The number of allylic oxidation sites excluding steroid dienone is 1. The minimum absolute atomic E-state index is 0.0129. The van der Waals surface area contributed by atoms with E-state index in [9.17, 15) is 14.9 Å². The molecule has 0 spiro atoms. The van der Waals surface area contributed by atoms with E-state index in [1.165, 1.54) is 24.1 Å². The third-order valence-corrected chi connectivity index (χ3v) is 5.81. The van der Waals surface area contributed by atoms with E-state index < -0.39 is 17.9 Å². The summed E-state index contributed by atoms with van der Waals surface area (Å²) in [6, 6.07) is 13.7. The first-order chi connectivity index (χ1) is 16.7. The Morgan fingerprint density at radius 1 is 1.06 bits per heavy atom. The molecule has 8 nitrogen and oxygen atoms in total. The molecule has 0 amide bonds. The van der Waals surface area contributed by atoms with Crippen LogP contribution in [-0.4, -0.2) is 32.3 Å². The lowest BCUT2D eigenvalue weighted by atomic mass is 9.81. The van der Waals surface area contributed by atoms with E-state index in [0.717, 1.165) is 7.11 Å². The van der Waals surface area contributed by atoms with Crippen LogP contribution < -0.4 is 15.4 Å². The van der Waals surface area contributed by atoms with Crippen LogP contribution in [0.25, 0.3) is 0 Å². The monoisotopic (exact) mass is 515 g/mol. The molecule has 1 aliphatic heterocycles. The first kappa shape index (κ1) is 25.9. The van der Waals surface area contributed by atoms with Gasteiger partial charge in [0.25, 0.3) is 0 Å². The Kier molecular flexibility index (Phi) is 7.95. The molecule has 3 rings (SSSR count). The SMILES string of the molecule is COC(=O)C1=C(C(=O)OC)N(c2cc(Cl)c(OC(C)C)cc2Cl)C(N)=C(C#N)C1c1ccccc1. The summed E-state index contributed by atoms with van der Waals surface area (Å²) in [5, 5.41) is 10.4. The summed E-state index contributed by atoms with van der Waals surface area (Å²) < 4.78 is 15.7. The molecule has 1 heterocycles. The molecule has 0 saturated heterocycles. The molecule has 10 heteroatoms. The molecule has 1 atom stereocenters. The van der Waals surface area contributed by atoms with Crippen LogP contribution >= 0.6 is 23.2 Å². The number of methoxy groups -OCH3 is 2. The number of anilines is 1. The second-order valence-corrected chi connectivity index (χ2v) is 8.55. The topological polar surface area (TPSA) is 115 Å². The quantitative estimate of drug-likeness (QED) is 0.551. The highest BCUT2D eigenvalue weighted by atomic mass is 35.5. The summed E-state index contributed by atoms with van der Waals surface area (Å²) in [5.41, 5.74) is 6.80. The van der Waals surface area contributed by atoms with Gasteiger partial charge in [-0.25, -0.2) is 9.59 Å². The summed E-state index contributed by atoms with van der Waals surface area (Å²) in [6.45, 7) is 3.65. The number of nitriles is 1. The molecule has 0 fully saturated rings. The molecule has 0 aliphatic carbocycles. The van der Waals surface area contributed by atoms with Crippen LogP contribution in [0.3, 0.4) is 0 Å². The molecule has 0 radical (unpaired) electrons. The Hall–Kier alpha value is -3.67. The fraction of sp³-hybridized carbons (Fsp3) is 0.240. The van der Waals surface area contributed by atoms with E-state index in [4.69, 9.17) is 43.1 Å². The summed E-state index contributed by atoms with van der Waals surface area (Å²) in [7, 11) is 2.33. The highest BCUT2D eigenvalue weighted by Crippen LogP contribution is 2.46. The lowest BCUT2D eigenvalue weighted by Crippen LogP contribution is -2.41. The van der Waals surface area contributed by atoms with Crippen molar-refractivity contribution >= 4 is 40.8 Å². The summed E-state index contributed by atoms with van der Waals surface area (Å²) in [6.07, 6.45) is -0.178. The van der Waals surface area contributed by atoms with Gasteiger partial charge >= 0.3 is 11.9 Å². The number of carbonyl (C=O) groups is 2. The van der Waals surface area contributed by atoms with Gasteiger partial charge in [-0.2, -0.15) is 5.26 Å². The number of nitrogens with two attached hydrogens (primary N) is 1. The molecule has 182 valence electrons. The Morgan fingerprint density at radius 3 is 2.23 bits per heavy atom. The van der Waals surface area contributed by atoms with Crippen LogP contribution in [0.5, 0.6) is 5.75 Å². The molecule has 0 aromatic heterocycles. The van der Waals surface area contributed by atoms with Crippen molar-refractivity contribution in [1.29, 1.82) is 5.26 Å². The van der Waals surface area contributed by atoms with Crippen LogP contribution in [0.15, 0.2) is 65.1 Å². The van der Waals surface area contributed by atoms with E-state index >= 15 is 0 Å². The normalized spacial score (nSPS) is 15.7. The molecule has 1 unspecified atom stereocenters. The molecule has 1 aliphatic rings. The van der Waals surface area contributed by atoms with Gasteiger partial charge < -0.3 is 19.9 Å². The summed E-state index contributed by atoms with van der Waals surface area (Å²) in [5.74, 6) is -2.52. The van der Waals surface area contributed by atoms with Gasteiger partial charge in [0, 0.05) is 6.07 Å². The molecular weight excluding hydrogens is 493 g/mol. The fourth-order valence-corrected chi connectivity index (χ4v) is 4.24. The molecule has 2 aromatic carbocycles. The van der Waals surface area contributed by atoms with E-state index in [2.05, 4.69) is 6.07 Å². The molecule has 2 aromatic rings. The van der Waals surface area contributed by atoms with Gasteiger partial charge in [0.1, 0.15) is 17.3 Å². The third-order valence-electron chi connectivity index (χ3n) is 5.22. The zero-order valence-electron chi connectivity index (χ0n) is 19.5. The first-order valence-corrected chi connectivity index (χ1v) is 11.2. The van der Waals surface area contributed by atoms with Gasteiger partial charge in [-0.15, -0.1) is 0 Å². The maximum absolute atomic E-state index is 13.1. The zero-order chi connectivity index (χ0) is 25.9. The standard InChI is InChI=1S/C25H23Cl2N3O5/c1-13(2)35-19-11-16(26)18(10-17(19)27)30-22(25(32)34-4)21(24(31)33-3)20(15(12-28)23(30)29)14-8-6-5-7-9-14/h5-11,13,20H,29H2,1-4H3. The zero-order valence-corrected chi connectivity index (χ0v) is 21.0. The van der Waals surface area contributed by atoms with Crippen LogP contribution in [0, 0.1) is 11.3 Å². The van der Waals surface area contributed by atoms with Gasteiger partial charge in [0.15, 0.2) is 0 Å². The first-order valence-electron chi connectivity index (χ1n) is 10.5. The number of hydrogen-bond acceptors (Lipinski definition) is 8. The van der Waals surface area contributed by atoms with E-state index in [0.29, 0.717) is 11.3 Å². The van der Waals surface area contributed by atoms with Crippen molar-refractivity contribution in [1.82, 2.24) is 0 Å². The van der Waals surface area contributed by atoms with E-state index in [1.54, 1.807) is 30.3 Å². The van der Waals surface area contributed by atoms with E-state index in [1.807, 2.05) is 13.8 Å². The molecule has 0 saturated carbocycles. The largest absolute Gasteiger partial charge is 0.489 e. The third kappa shape index (κ3) is 4.92. The smallest absolute Gasteiger partial charge is 0.355 e. The molecule has 2 N–H and O–H groups in total. The van der Waals surface area contributed by atoms with Crippen molar-refractivity contribution in [3.05, 3.63) is 80.7 Å². The maximum Gasteiger partial charge on any atom is 0.355 e. The van der Waals surface area contributed by atoms with Gasteiger partial charge in [-0.3, -0.25) is 4.90 Å². The number of carbonyl (C=O) groups excluding carboxylic acids is 2. The van der Waals surface area contributed by atoms with Crippen LogP contribution in [0.2, 0.25) is 10.0 Å². The van der Waals surface area contributed by atoms with Gasteiger partial charge in [-0.05, 0) is 25.5 Å². The molecule has 35 heavy (non-hydrogen) atoms. The number of rotatable bonds is 6. The Labute approximate surface area is 213 Å². The predicted octanol–water partition coefficient (Wildman–Crippen LogP) is 4.68. The van der Waals surface area contributed by atoms with Crippen LogP contribution in [-0.2, 0) is 19.1 Å². The second-order valence-electron chi connectivity index (χ2n) is 7.74. The number of benzene rings is 2. The lowest BCUT2D eigenvalue weighted by Gasteiger charge is -2.36. The maximum atomic E-state index is 13.1. The van der Waals surface area contributed by atoms with Crippen molar-refractivity contribution < 1.29 is 23.8 Å². The average Bonchev–Trinajstić information content (AvgIpc) is 2.84. The number of nitrogens with zero attached hydrogens (tertiary/aromatic N) is 2. The minimum atomic E-state index is -0.989. The molecular formula is C25H23Cl2N3O5. The van der Waals surface area contributed by atoms with Crippen molar-refractivity contribution in [2.45, 2.75) is 25.9 Å². The number of halogens is 2. The fourth-order valence-electron chi connectivity index (χ4n) is 3.80. The van der Waals surface area contributed by atoms with Crippen molar-refractivity contribution in [3.8, 4) is 11.8 Å². The highest BCUT2D eigenvalue weighted by Gasteiger charge is 2.43. The molecule has 0 bridgehead atoms. The van der Waals surface area contributed by atoms with E-state index in [-0.39, 0.29) is 44.5 Å². The van der Waals surface area contributed by atoms with Gasteiger partial charge in [0.2, 0.25) is 0 Å². The minimum Gasteiger partial charge on any atom is -0.489 e.